The lowest BCUT2D eigenvalue weighted by molar-refractivity contribution is 0.226. The maximum Gasteiger partial charge on any atom is 0.213 e. The summed E-state index contributed by atoms with van der Waals surface area (Å²) in [7, 11) is 2.14. The predicted octanol–water partition coefficient (Wildman–Crippen LogP) is 1.14. The van der Waals surface area contributed by atoms with E-state index in [2.05, 4.69) is 16.9 Å². The third-order valence-electron chi connectivity index (χ3n) is 2.62. The zero-order chi connectivity index (χ0) is 10.7. The highest BCUT2D eigenvalue weighted by molar-refractivity contribution is 5.35. The molecule has 4 heteroatoms. The maximum atomic E-state index is 5.53. The first kappa shape index (κ1) is 10.2. The molecule has 1 saturated carbocycles. The van der Waals surface area contributed by atoms with E-state index >= 15 is 0 Å². The molecule has 0 atom stereocenters. The summed E-state index contributed by atoms with van der Waals surface area (Å²) in [4.78, 5) is 6.40. The molecule has 0 aliphatic heterocycles. The molecule has 0 radical (unpaired) electrons. The first-order valence-electron chi connectivity index (χ1n) is 5.30. The molecule has 2 N–H and O–H groups in total. The zero-order valence-corrected chi connectivity index (χ0v) is 9.02. The smallest absolute Gasteiger partial charge is 0.213 e. The number of likely N-dealkylation sites (N-methyl/N-ethyl adjacent to an activating group) is 1. The van der Waals surface area contributed by atoms with Crippen molar-refractivity contribution in [3.05, 3.63) is 18.3 Å². The maximum absolute atomic E-state index is 5.53. The van der Waals surface area contributed by atoms with Gasteiger partial charge in [0.1, 0.15) is 6.61 Å². The van der Waals surface area contributed by atoms with Gasteiger partial charge in [0.15, 0.2) is 0 Å². The van der Waals surface area contributed by atoms with E-state index in [1.165, 1.54) is 12.8 Å². The van der Waals surface area contributed by atoms with E-state index in [0.717, 1.165) is 12.6 Å². The van der Waals surface area contributed by atoms with Crippen LogP contribution in [0.2, 0.25) is 0 Å². The van der Waals surface area contributed by atoms with Gasteiger partial charge >= 0.3 is 0 Å². The Morgan fingerprint density at radius 2 is 2.33 bits per heavy atom. The second kappa shape index (κ2) is 4.49. The molecule has 0 bridgehead atoms. The van der Waals surface area contributed by atoms with Gasteiger partial charge in [-0.1, -0.05) is 0 Å². The fourth-order valence-electron chi connectivity index (χ4n) is 1.47. The molecule has 1 fully saturated rings. The highest BCUT2D eigenvalue weighted by Gasteiger charge is 2.25. The number of nitrogens with two attached hydrogens (primary N) is 1. The van der Waals surface area contributed by atoms with Gasteiger partial charge in [-0.3, -0.25) is 0 Å². The van der Waals surface area contributed by atoms with E-state index in [1.54, 1.807) is 18.3 Å². The quantitative estimate of drug-likeness (QED) is 0.786. The second-order valence-corrected chi connectivity index (χ2v) is 3.99. The highest BCUT2D eigenvalue weighted by Crippen LogP contribution is 2.24. The Hall–Kier alpha value is -1.29. The molecule has 4 nitrogen and oxygen atoms in total. The van der Waals surface area contributed by atoms with Gasteiger partial charge in [-0.15, -0.1) is 0 Å². The first-order chi connectivity index (χ1) is 7.25. The van der Waals surface area contributed by atoms with E-state index in [0.29, 0.717) is 18.2 Å². The van der Waals surface area contributed by atoms with Crippen LogP contribution in [0.1, 0.15) is 12.8 Å². The monoisotopic (exact) mass is 207 g/mol. The molecule has 2 rings (SSSR count). The van der Waals surface area contributed by atoms with Gasteiger partial charge in [0.2, 0.25) is 5.88 Å². The van der Waals surface area contributed by atoms with Gasteiger partial charge in [0, 0.05) is 18.7 Å². The molecule has 15 heavy (non-hydrogen) atoms. The van der Waals surface area contributed by atoms with E-state index in [4.69, 9.17) is 10.5 Å². The number of rotatable bonds is 5. The average molecular weight is 207 g/mol. The van der Waals surface area contributed by atoms with Gasteiger partial charge in [0.05, 0.1) is 11.9 Å². The van der Waals surface area contributed by atoms with Crippen LogP contribution in [-0.4, -0.2) is 36.1 Å². The molecule has 0 unspecified atom stereocenters. The van der Waals surface area contributed by atoms with Crippen molar-refractivity contribution in [2.24, 2.45) is 0 Å². The van der Waals surface area contributed by atoms with E-state index in [9.17, 15) is 0 Å². The van der Waals surface area contributed by atoms with Crippen molar-refractivity contribution in [2.75, 3.05) is 25.9 Å². The van der Waals surface area contributed by atoms with Crippen LogP contribution in [0, 0.1) is 0 Å². The predicted molar refractivity (Wildman–Crippen MR) is 59.8 cm³/mol. The number of hydrogen-bond acceptors (Lipinski definition) is 4. The Labute approximate surface area is 90.0 Å². The minimum Gasteiger partial charge on any atom is -0.476 e. The van der Waals surface area contributed by atoms with Crippen LogP contribution in [0.4, 0.5) is 5.69 Å². The number of pyridine rings is 1. The van der Waals surface area contributed by atoms with Crippen molar-refractivity contribution in [3.8, 4) is 5.88 Å². The van der Waals surface area contributed by atoms with Crippen molar-refractivity contribution in [1.82, 2.24) is 9.88 Å². The topological polar surface area (TPSA) is 51.4 Å². The molecule has 0 amide bonds. The standard InChI is InChI=1S/C11H17N3O/c1-14(10-3-4-10)6-7-15-11-5-2-9(12)8-13-11/h2,5,8,10H,3-4,6-7,12H2,1H3. The summed E-state index contributed by atoms with van der Waals surface area (Å²) in [5.74, 6) is 0.647. The largest absolute Gasteiger partial charge is 0.476 e. The Balaban J connectivity index is 1.70. The van der Waals surface area contributed by atoms with E-state index in [-0.39, 0.29) is 0 Å². The number of anilines is 1. The molecule has 1 heterocycles. The average Bonchev–Trinajstić information content (AvgIpc) is 3.04. The number of ether oxygens (including phenoxy) is 1. The van der Waals surface area contributed by atoms with Crippen LogP contribution in [-0.2, 0) is 0 Å². The third kappa shape index (κ3) is 3.09. The number of nitrogens with zero attached hydrogens (tertiary/aromatic N) is 2. The molecule has 1 aromatic heterocycles. The minimum absolute atomic E-state index is 0.647. The van der Waals surface area contributed by atoms with E-state index in [1.807, 2.05) is 0 Å². The molecule has 0 saturated heterocycles. The Morgan fingerprint density at radius 3 is 2.93 bits per heavy atom. The molecule has 1 aliphatic rings. The van der Waals surface area contributed by atoms with Crippen LogP contribution >= 0.6 is 0 Å². The second-order valence-electron chi connectivity index (χ2n) is 3.99. The Bertz CT molecular complexity index is 308. The molecule has 0 aromatic carbocycles. The zero-order valence-electron chi connectivity index (χ0n) is 9.02. The summed E-state index contributed by atoms with van der Waals surface area (Å²) in [6, 6.07) is 4.38. The van der Waals surface area contributed by atoms with Crippen LogP contribution in [0.25, 0.3) is 0 Å². The molecule has 82 valence electrons. The fraction of sp³-hybridized carbons (Fsp3) is 0.545. The van der Waals surface area contributed by atoms with Crippen molar-refractivity contribution >= 4 is 5.69 Å². The number of aromatic nitrogens is 1. The third-order valence-corrected chi connectivity index (χ3v) is 2.62. The van der Waals surface area contributed by atoms with Crippen molar-refractivity contribution in [1.29, 1.82) is 0 Å². The van der Waals surface area contributed by atoms with Crippen molar-refractivity contribution < 1.29 is 4.74 Å². The first-order valence-corrected chi connectivity index (χ1v) is 5.30. The Morgan fingerprint density at radius 1 is 1.53 bits per heavy atom. The molecular formula is C11H17N3O. The van der Waals surface area contributed by atoms with Gasteiger partial charge in [-0.2, -0.15) is 0 Å². The van der Waals surface area contributed by atoms with Crippen LogP contribution in [0.5, 0.6) is 5.88 Å². The number of nitrogen functional groups attached to an aromatic ring is 1. The molecular weight excluding hydrogens is 190 g/mol. The van der Waals surface area contributed by atoms with E-state index < -0.39 is 0 Å². The lowest BCUT2D eigenvalue weighted by Gasteiger charge is -2.15. The molecule has 0 spiro atoms. The van der Waals surface area contributed by atoms with Crippen LogP contribution in [0.15, 0.2) is 18.3 Å². The summed E-state index contributed by atoms with van der Waals surface area (Å²) in [6.45, 7) is 1.64. The van der Waals surface area contributed by atoms with Gasteiger partial charge in [-0.05, 0) is 26.0 Å². The summed E-state index contributed by atoms with van der Waals surface area (Å²) in [6.07, 6.45) is 4.27. The van der Waals surface area contributed by atoms with Gasteiger partial charge < -0.3 is 15.4 Å². The minimum atomic E-state index is 0.647. The van der Waals surface area contributed by atoms with Crippen LogP contribution in [0.3, 0.4) is 0 Å². The lowest BCUT2D eigenvalue weighted by Crippen LogP contribution is -2.26. The fourth-order valence-corrected chi connectivity index (χ4v) is 1.47. The highest BCUT2D eigenvalue weighted by atomic mass is 16.5. The molecule has 1 aliphatic carbocycles. The summed E-state index contributed by atoms with van der Waals surface area (Å²) in [5, 5.41) is 0. The normalized spacial score (nSPS) is 15.6. The van der Waals surface area contributed by atoms with Crippen molar-refractivity contribution in [3.63, 3.8) is 0 Å². The van der Waals surface area contributed by atoms with Gasteiger partial charge in [-0.25, -0.2) is 4.98 Å². The summed E-state index contributed by atoms with van der Waals surface area (Å²) in [5.41, 5.74) is 6.19. The summed E-state index contributed by atoms with van der Waals surface area (Å²) < 4.78 is 5.50. The molecule has 1 aromatic rings. The van der Waals surface area contributed by atoms with Crippen LogP contribution < -0.4 is 10.5 Å². The summed E-state index contributed by atoms with van der Waals surface area (Å²) >= 11 is 0. The SMILES string of the molecule is CN(CCOc1ccc(N)cn1)C1CC1. The van der Waals surface area contributed by atoms with Crippen molar-refractivity contribution in [2.45, 2.75) is 18.9 Å². The lowest BCUT2D eigenvalue weighted by atomic mass is 10.4. The number of hydrogen-bond donors (Lipinski definition) is 1. The Kier molecular flexibility index (Phi) is 3.06. The van der Waals surface area contributed by atoms with Gasteiger partial charge in [0.25, 0.3) is 0 Å².